The molecule has 1 fully saturated rings. The Morgan fingerprint density at radius 1 is 1.33 bits per heavy atom. The molecule has 0 saturated carbocycles. The molecule has 1 aromatic heterocycles. The first kappa shape index (κ1) is 18.5. The predicted molar refractivity (Wildman–Crippen MR) is 98.1 cm³/mol. The van der Waals surface area contributed by atoms with E-state index in [1.807, 2.05) is 0 Å². The third-order valence-corrected chi connectivity index (χ3v) is 4.39. The summed E-state index contributed by atoms with van der Waals surface area (Å²) in [5, 5.41) is 13.8. The molecular formula is C17H21N6O4+. The number of quaternary nitrogens is 1. The average molecular weight is 373 g/mol. The van der Waals surface area contributed by atoms with Gasteiger partial charge in [-0.1, -0.05) is 0 Å². The highest BCUT2D eigenvalue weighted by atomic mass is 16.6. The topological polar surface area (TPSA) is 115 Å². The van der Waals surface area contributed by atoms with Gasteiger partial charge in [-0.2, -0.15) is 0 Å². The zero-order chi connectivity index (χ0) is 19.2. The summed E-state index contributed by atoms with van der Waals surface area (Å²) in [6.45, 7) is 3.25. The molecule has 3 rings (SSSR count). The molecule has 142 valence electrons. The van der Waals surface area contributed by atoms with E-state index in [1.165, 1.54) is 19.2 Å². The quantitative estimate of drug-likeness (QED) is 0.529. The first-order valence-corrected chi connectivity index (χ1v) is 8.54. The summed E-state index contributed by atoms with van der Waals surface area (Å²) in [5.41, 5.74) is -0.0229. The molecule has 1 aliphatic rings. The Kier molecular flexibility index (Phi) is 5.77. The molecular weight excluding hydrogens is 352 g/mol. The van der Waals surface area contributed by atoms with Crippen LogP contribution in [0.5, 0.6) is 5.75 Å². The summed E-state index contributed by atoms with van der Waals surface area (Å²) >= 11 is 0. The highest BCUT2D eigenvalue weighted by Crippen LogP contribution is 2.28. The van der Waals surface area contributed by atoms with Crippen molar-refractivity contribution in [3.63, 3.8) is 0 Å². The minimum atomic E-state index is -0.538. The Morgan fingerprint density at radius 2 is 2.04 bits per heavy atom. The number of hydrogen-bond donors (Lipinski definition) is 2. The van der Waals surface area contributed by atoms with E-state index in [4.69, 9.17) is 4.74 Å². The number of piperazine rings is 1. The molecule has 0 atom stereocenters. The average Bonchev–Trinajstić information content (AvgIpc) is 2.69. The second-order valence-electron chi connectivity index (χ2n) is 6.15. The summed E-state index contributed by atoms with van der Waals surface area (Å²) in [7, 11) is 1.43. The summed E-state index contributed by atoms with van der Waals surface area (Å²) in [6.07, 6.45) is 3.41. The molecule has 1 saturated heterocycles. The van der Waals surface area contributed by atoms with Crippen LogP contribution in [0.15, 0.2) is 36.7 Å². The number of nitrogens with one attached hydrogen (secondary N) is 2. The van der Waals surface area contributed by atoms with E-state index in [0.717, 1.165) is 31.1 Å². The van der Waals surface area contributed by atoms with Crippen molar-refractivity contribution >= 4 is 23.2 Å². The van der Waals surface area contributed by atoms with Gasteiger partial charge < -0.3 is 19.9 Å². The van der Waals surface area contributed by atoms with Gasteiger partial charge in [-0.15, -0.1) is 0 Å². The Morgan fingerprint density at radius 3 is 2.67 bits per heavy atom. The molecule has 2 N–H and O–H groups in total. The number of nitro benzene ring substituents is 1. The van der Waals surface area contributed by atoms with Crippen LogP contribution < -0.4 is 19.9 Å². The van der Waals surface area contributed by atoms with E-state index in [-0.39, 0.29) is 23.8 Å². The van der Waals surface area contributed by atoms with Gasteiger partial charge in [0, 0.05) is 12.4 Å². The van der Waals surface area contributed by atoms with E-state index in [1.54, 1.807) is 24.5 Å². The number of nitro groups is 1. The largest absolute Gasteiger partial charge is 0.496 e. The lowest BCUT2D eigenvalue weighted by molar-refractivity contribution is -0.892. The molecule has 2 aromatic rings. The van der Waals surface area contributed by atoms with Gasteiger partial charge in [-0.05, 0) is 18.2 Å². The summed E-state index contributed by atoms with van der Waals surface area (Å²) in [5.74, 6) is 0.794. The van der Waals surface area contributed by atoms with Gasteiger partial charge in [0.1, 0.15) is 11.4 Å². The van der Waals surface area contributed by atoms with Crippen LogP contribution in [0.4, 0.5) is 17.3 Å². The van der Waals surface area contributed by atoms with Crippen LogP contribution in [-0.4, -0.2) is 60.6 Å². The van der Waals surface area contributed by atoms with Gasteiger partial charge in [0.15, 0.2) is 6.54 Å². The van der Waals surface area contributed by atoms with Gasteiger partial charge >= 0.3 is 0 Å². The van der Waals surface area contributed by atoms with E-state index in [0.29, 0.717) is 11.7 Å². The number of amides is 1. The number of aromatic nitrogens is 2. The van der Waals surface area contributed by atoms with Crippen LogP contribution in [0, 0.1) is 10.1 Å². The maximum absolute atomic E-state index is 12.3. The number of carbonyl (C=O) groups excluding carboxylic acids is 1. The second-order valence-corrected chi connectivity index (χ2v) is 6.15. The predicted octanol–water partition coefficient (Wildman–Crippen LogP) is -0.263. The van der Waals surface area contributed by atoms with Crippen LogP contribution in [-0.2, 0) is 4.79 Å². The molecule has 0 unspecified atom stereocenters. The number of hydrogen-bond acceptors (Lipinski definition) is 7. The van der Waals surface area contributed by atoms with Gasteiger partial charge in [0.25, 0.3) is 11.6 Å². The third kappa shape index (κ3) is 4.67. The molecule has 2 heterocycles. The Labute approximate surface area is 155 Å². The number of anilines is 2. The molecule has 0 bridgehead atoms. The smallest absolute Gasteiger partial charge is 0.296 e. The van der Waals surface area contributed by atoms with E-state index < -0.39 is 4.92 Å². The zero-order valence-corrected chi connectivity index (χ0v) is 14.9. The summed E-state index contributed by atoms with van der Waals surface area (Å²) < 4.78 is 5.00. The van der Waals surface area contributed by atoms with Crippen molar-refractivity contribution < 1.29 is 19.4 Å². The van der Waals surface area contributed by atoms with Crippen molar-refractivity contribution in [3.8, 4) is 5.75 Å². The third-order valence-electron chi connectivity index (χ3n) is 4.39. The number of carbonyl (C=O) groups is 1. The number of methoxy groups -OCH3 is 1. The first-order chi connectivity index (χ1) is 13.1. The Hall–Kier alpha value is -3.27. The van der Waals surface area contributed by atoms with Crippen LogP contribution in [0.1, 0.15) is 0 Å². The van der Waals surface area contributed by atoms with Crippen molar-refractivity contribution in [2.75, 3.05) is 50.1 Å². The zero-order valence-electron chi connectivity index (χ0n) is 14.9. The fourth-order valence-electron chi connectivity index (χ4n) is 2.97. The molecule has 27 heavy (non-hydrogen) atoms. The van der Waals surface area contributed by atoms with Crippen molar-refractivity contribution in [3.05, 3.63) is 46.8 Å². The van der Waals surface area contributed by atoms with Crippen molar-refractivity contribution in [2.24, 2.45) is 0 Å². The SMILES string of the molecule is COc1ccc(NC(=O)C[NH+]2CCN(c3ncccn3)CC2)c([N+](=O)[O-])c1. The minimum absolute atomic E-state index is 0.168. The summed E-state index contributed by atoms with van der Waals surface area (Å²) in [6, 6.07) is 6.12. The lowest BCUT2D eigenvalue weighted by Gasteiger charge is -2.31. The molecule has 10 nitrogen and oxygen atoms in total. The minimum Gasteiger partial charge on any atom is -0.496 e. The van der Waals surface area contributed by atoms with Crippen LogP contribution in [0.25, 0.3) is 0 Å². The fourth-order valence-corrected chi connectivity index (χ4v) is 2.97. The molecule has 0 spiro atoms. The van der Waals surface area contributed by atoms with Crippen molar-refractivity contribution in [2.45, 2.75) is 0 Å². The maximum atomic E-state index is 12.3. The Balaban J connectivity index is 1.55. The molecule has 0 aliphatic carbocycles. The van der Waals surface area contributed by atoms with Crippen molar-refractivity contribution in [1.29, 1.82) is 0 Å². The maximum Gasteiger partial charge on any atom is 0.296 e. The van der Waals surface area contributed by atoms with Gasteiger partial charge in [-0.25, -0.2) is 9.97 Å². The normalized spacial score (nSPS) is 14.6. The molecule has 1 amide bonds. The molecule has 10 heteroatoms. The number of benzene rings is 1. The molecule has 1 aromatic carbocycles. The fraction of sp³-hybridized carbons (Fsp3) is 0.353. The van der Waals surface area contributed by atoms with E-state index in [9.17, 15) is 14.9 Å². The molecule has 0 radical (unpaired) electrons. The number of nitrogens with zero attached hydrogens (tertiary/aromatic N) is 4. The number of ether oxygens (including phenoxy) is 1. The lowest BCUT2D eigenvalue weighted by Crippen LogP contribution is -3.15. The number of rotatable bonds is 6. The monoisotopic (exact) mass is 373 g/mol. The Bertz CT molecular complexity index is 808. The van der Waals surface area contributed by atoms with Crippen LogP contribution in [0.3, 0.4) is 0 Å². The van der Waals surface area contributed by atoms with Gasteiger partial charge in [0.05, 0.1) is 44.3 Å². The van der Waals surface area contributed by atoms with Crippen LogP contribution in [0.2, 0.25) is 0 Å². The highest BCUT2D eigenvalue weighted by Gasteiger charge is 2.25. The standard InChI is InChI=1S/C17H20N6O4/c1-27-13-3-4-14(15(11-13)23(25)26)20-16(24)12-21-7-9-22(10-8-21)17-18-5-2-6-19-17/h2-6,11H,7-10,12H2,1H3,(H,20,24)/p+1. The highest BCUT2D eigenvalue weighted by molar-refractivity contribution is 5.93. The second kappa shape index (κ2) is 8.41. The first-order valence-electron chi connectivity index (χ1n) is 8.54. The summed E-state index contributed by atoms with van der Waals surface area (Å²) in [4.78, 5) is 34.7. The van der Waals surface area contributed by atoms with E-state index >= 15 is 0 Å². The molecule has 1 aliphatic heterocycles. The van der Waals surface area contributed by atoms with Gasteiger partial charge in [-0.3, -0.25) is 14.9 Å². The lowest BCUT2D eigenvalue weighted by atomic mass is 10.2. The van der Waals surface area contributed by atoms with E-state index in [2.05, 4.69) is 20.2 Å². The van der Waals surface area contributed by atoms with Crippen LogP contribution >= 0.6 is 0 Å². The van der Waals surface area contributed by atoms with Gasteiger partial charge in [0.2, 0.25) is 5.95 Å². The van der Waals surface area contributed by atoms with Crippen molar-refractivity contribution in [1.82, 2.24) is 9.97 Å².